The van der Waals surface area contributed by atoms with E-state index in [-0.39, 0.29) is 24.0 Å². The second-order valence-corrected chi connectivity index (χ2v) is 9.62. The number of H-pyrrole nitrogens is 1. The summed E-state index contributed by atoms with van der Waals surface area (Å²) in [5, 5.41) is 21.6. The summed E-state index contributed by atoms with van der Waals surface area (Å²) in [7, 11) is 0. The van der Waals surface area contributed by atoms with Gasteiger partial charge in [0, 0.05) is 37.6 Å². The third-order valence-electron chi connectivity index (χ3n) is 7.50. The molecule has 0 bridgehead atoms. The molecule has 1 aromatic carbocycles. The standard InChI is InChI=1S/C25H24N6O5/c32-20-4-3-19(22(33)28-20)31-23(34)16-2-1-15(11-17(16)24(31)35)25(36)6-9-30(10-7-25)13-14-5-8-26-21-18(14)12-27-29-21/h1-2,5,8,11-12,19,36H,3-4,6-7,9-10,13H2,(H,26,27,29)(H,28,32,33). The maximum atomic E-state index is 13.2. The molecule has 2 fully saturated rings. The van der Waals surface area contributed by atoms with E-state index in [9.17, 15) is 24.3 Å². The molecule has 0 spiro atoms. The van der Waals surface area contributed by atoms with Crippen LogP contribution >= 0.6 is 0 Å². The number of likely N-dealkylation sites (tertiary alicyclic amines) is 1. The Kier molecular flexibility index (Phi) is 5.20. The quantitative estimate of drug-likeness (QED) is 0.458. The van der Waals surface area contributed by atoms with Gasteiger partial charge in [-0.1, -0.05) is 6.07 Å². The van der Waals surface area contributed by atoms with Crippen LogP contribution in [0.4, 0.5) is 0 Å². The topological polar surface area (TPSA) is 149 Å². The van der Waals surface area contributed by atoms with E-state index in [1.165, 1.54) is 0 Å². The average Bonchev–Trinajstić information content (AvgIpc) is 3.45. The van der Waals surface area contributed by atoms with Crippen LogP contribution in [0.25, 0.3) is 11.0 Å². The number of aliphatic hydroxyl groups is 1. The van der Waals surface area contributed by atoms with Gasteiger partial charge in [-0.25, -0.2) is 4.98 Å². The van der Waals surface area contributed by atoms with E-state index in [4.69, 9.17) is 0 Å². The van der Waals surface area contributed by atoms with Crippen LogP contribution in [0.2, 0.25) is 0 Å². The molecule has 2 aromatic heterocycles. The van der Waals surface area contributed by atoms with E-state index in [0.717, 1.165) is 21.5 Å². The monoisotopic (exact) mass is 488 g/mol. The first kappa shape index (κ1) is 22.5. The molecule has 4 amide bonds. The van der Waals surface area contributed by atoms with Crippen molar-refractivity contribution in [2.24, 2.45) is 0 Å². The highest BCUT2D eigenvalue weighted by Crippen LogP contribution is 2.37. The van der Waals surface area contributed by atoms with Gasteiger partial charge in [-0.2, -0.15) is 5.10 Å². The minimum atomic E-state index is -1.14. The van der Waals surface area contributed by atoms with E-state index in [1.807, 2.05) is 6.07 Å². The summed E-state index contributed by atoms with van der Waals surface area (Å²) in [6.07, 6.45) is 4.60. The molecule has 2 saturated heterocycles. The van der Waals surface area contributed by atoms with E-state index in [1.54, 1.807) is 30.6 Å². The van der Waals surface area contributed by atoms with Gasteiger partial charge in [-0.3, -0.25) is 39.4 Å². The molecule has 0 aliphatic carbocycles. The normalized spacial score (nSPS) is 22.2. The molecule has 0 radical (unpaired) electrons. The molecule has 3 aliphatic rings. The van der Waals surface area contributed by atoms with Crippen LogP contribution in [0.3, 0.4) is 0 Å². The summed E-state index contributed by atoms with van der Waals surface area (Å²) in [6, 6.07) is 5.77. The highest BCUT2D eigenvalue weighted by molar-refractivity contribution is 6.23. The van der Waals surface area contributed by atoms with E-state index < -0.39 is 35.3 Å². The Morgan fingerprint density at radius 3 is 2.61 bits per heavy atom. The number of nitrogens with one attached hydrogen (secondary N) is 2. The predicted octanol–water partition coefficient (Wildman–Crippen LogP) is 0.843. The number of carbonyl (C=O) groups excluding carboxylic acids is 4. The van der Waals surface area contributed by atoms with Gasteiger partial charge in [0.05, 0.1) is 22.9 Å². The maximum absolute atomic E-state index is 13.2. The lowest BCUT2D eigenvalue weighted by Gasteiger charge is -2.38. The van der Waals surface area contributed by atoms with Gasteiger partial charge < -0.3 is 5.11 Å². The fraction of sp³-hybridized carbons (Fsp3) is 0.360. The lowest BCUT2D eigenvalue weighted by Crippen LogP contribution is -2.54. The lowest BCUT2D eigenvalue weighted by atomic mass is 9.83. The van der Waals surface area contributed by atoms with Crippen molar-refractivity contribution < 1.29 is 24.3 Å². The molecular weight excluding hydrogens is 464 g/mol. The van der Waals surface area contributed by atoms with Crippen LogP contribution in [0.1, 0.15) is 57.5 Å². The van der Waals surface area contributed by atoms with E-state index >= 15 is 0 Å². The highest BCUT2D eigenvalue weighted by Gasteiger charge is 2.45. The molecule has 1 unspecified atom stereocenters. The predicted molar refractivity (Wildman–Crippen MR) is 125 cm³/mol. The van der Waals surface area contributed by atoms with Crippen molar-refractivity contribution in [1.29, 1.82) is 0 Å². The molecule has 184 valence electrons. The summed E-state index contributed by atoms with van der Waals surface area (Å²) < 4.78 is 0. The Morgan fingerprint density at radius 1 is 1.06 bits per heavy atom. The van der Waals surface area contributed by atoms with Crippen LogP contribution in [-0.2, 0) is 21.7 Å². The number of amides is 4. The van der Waals surface area contributed by atoms with Crippen LogP contribution < -0.4 is 5.32 Å². The molecule has 3 aliphatic heterocycles. The van der Waals surface area contributed by atoms with Gasteiger partial charge >= 0.3 is 0 Å². The molecule has 5 heterocycles. The zero-order valence-electron chi connectivity index (χ0n) is 19.4. The van der Waals surface area contributed by atoms with Gasteiger partial charge in [-0.15, -0.1) is 0 Å². The molecule has 36 heavy (non-hydrogen) atoms. The van der Waals surface area contributed by atoms with Crippen molar-refractivity contribution in [3.05, 3.63) is 58.9 Å². The van der Waals surface area contributed by atoms with Crippen molar-refractivity contribution in [2.75, 3.05) is 13.1 Å². The molecular formula is C25H24N6O5. The molecule has 0 saturated carbocycles. The number of pyridine rings is 1. The maximum Gasteiger partial charge on any atom is 0.262 e. The molecule has 1 atom stereocenters. The minimum Gasteiger partial charge on any atom is -0.385 e. The number of aromatic nitrogens is 3. The summed E-state index contributed by atoms with van der Waals surface area (Å²) in [6.45, 7) is 1.99. The number of rotatable bonds is 4. The number of aromatic amines is 1. The van der Waals surface area contributed by atoms with Crippen LogP contribution in [0.15, 0.2) is 36.7 Å². The van der Waals surface area contributed by atoms with Gasteiger partial charge in [-0.05, 0) is 48.6 Å². The number of fused-ring (bicyclic) bond motifs is 2. The Labute approximate surface area is 205 Å². The first-order valence-corrected chi connectivity index (χ1v) is 11.9. The number of nitrogens with zero attached hydrogens (tertiary/aromatic N) is 4. The van der Waals surface area contributed by atoms with Gasteiger partial charge in [0.15, 0.2) is 5.65 Å². The van der Waals surface area contributed by atoms with Gasteiger partial charge in [0.25, 0.3) is 11.8 Å². The third kappa shape index (κ3) is 3.59. The van der Waals surface area contributed by atoms with E-state index in [2.05, 4.69) is 25.4 Å². The van der Waals surface area contributed by atoms with Crippen LogP contribution in [-0.4, -0.2) is 72.8 Å². The number of imide groups is 2. The number of benzene rings is 1. The molecule has 3 aromatic rings. The first-order valence-electron chi connectivity index (χ1n) is 11.9. The largest absolute Gasteiger partial charge is 0.385 e. The van der Waals surface area contributed by atoms with Gasteiger partial charge in [0.2, 0.25) is 11.8 Å². The fourth-order valence-electron chi connectivity index (χ4n) is 5.41. The second kappa shape index (κ2) is 8.32. The van der Waals surface area contributed by atoms with Crippen LogP contribution in [0.5, 0.6) is 0 Å². The summed E-state index contributed by atoms with van der Waals surface area (Å²) >= 11 is 0. The lowest BCUT2D eigenvalue weighted by molar-refractivity contribution is -0.136. The van der Waals surface area contributed by atoms with Crippen molar-refractivity contribution in [3.63, 3.8) is 0 Å². The molecule has 11 heteroatoms. The van der Waals surface area contributed by atoms with Crippen LogP contribution in [0, 0.1) is 0 Å². The third-order valence-corrected chi connectivity index (χ3v) is 7.50. The molecule has 6 rings (SSSR count). The highest BCUT2D eigenvalue weighted by atomic mass is 16.3. The number of hydrogen-bond acceptors (Lipinski definition) is 8. The Morgan fingerprint density at radius 2 is 1.83 bits per heavy atom. The summed E-state index contributed by atoms with van der Waals surface area (Å²) in [5.74, 6) is -2.19. The van der Waals surface area contributed by atoms with Crippen molar-refractivity contribution in [1.82, 2.24) is 30.3 Å². The average molecular weight is 489 g/mol. The first-order chi connectivity index (χ1) is 17.3. The molecule has 11 nitrogen and oxygen atoms in total. The number of carbonyl (C=O) groups is 4. The van der Waals surface area contributed by atoms with E-state index in [0.29, 0.717) is 38.0 Å². The summed E-state index contributed by atoms with van der Waals surface area (Å²) in [4.78, 5) is 57.3. The Balaban J connectivity index is 1.18. The number of piperidine rings is 2. The second-order valence-electron chi connectivity index (χ2n) is 9.62. The Hall–Kier alpha value is -3.96. The molecule has 3 N–H and O–H groups in total. The minimum absolute atomic E-state index is 0.0664. The summed E-state index contributed by atoms with van der Waals surface area (Å²) in [5.41, 5.74) is 1.67. The SMILES string of the molecule is O=C1CCC(N2C(=O)c3ccc(C4(O)CCN(Cc5ccnc6[nH]ncc56)CC4)cc3C2=O)C(=O)N1. The smallest absolute Gasteiger partial charge is 0.262 e. The zero-order valence-corrected chi connectivity index (χ0v) is 19.4. The number of hydrogen-bond donors (Lipinski definition) is 3. The van der Waals surface area contributed by atoms with Gasteiger partial charge in [0.1, 0.15) is 6.04 Å². The Bertz CT molecular complexity index is 1420. The van der Waals surface area contributed by atoms with Crippen molar-refractivity contribution in [2.45, 2.75) is 43.9 Å². The zero-order chi connectivity index (χ0) is 25.0. The van der Waals surface area contributed by atoms with Crippen molar-refractivity contribution >= 4 is 34.7 Å². The van der Waals surface area contributed by atoms with Crippen molar-refractivity contribution in [3.8, 4) is 0 Å². The fourth-order valence-corrected chi connectivity index (χ4v) is 5.41.